The van der Waals surface area contributed by atoms with Gasteiger partial charge in [-0.3, -0.25) is 4.79 Å². The minimum atomic E-state index is -0.799. The van der Waals surface area contributed by atoms with Crippen LogP contribution in [0.2, 0.25) is 0 Å². The minimum Gasteiger partial charge on any atom is -0.388 e. The summed E-state index contributed by atoms with van der Waals surface area (Å²) >= 11 is 0. The Morgan fingerprint density at radius 3 is 2.88 bits per heavy atom. The lowest BCUT2D eigenvalue weighted by Crippen LogP contribution is -2.12. The molecule has 1 atom stereocenters. The number of hydrogen-bond donors (Lipinski definition) is 3. The van der Waals surface area contributed by atoms with Gasteiger partial charge < -0.3 is 16.2 Å². The van der Waals surface area contributed by atoms with Gasteiger partial charge in [0.15, 0.2) is 0 Å². The Balaban J connectivity index is 3.01. The molecule has 0 saturated carbocycles. The van der Waals surface area contributed by atoms with Crippen molar-refractivity contribution >= 4 is 11.6 Å². The SMILES string of the molecule is CC(=O)Nc1cc(F)ccc1C(O)CCN. The lowest BCUT2D eigenvalue weighted by atomic mass is 10.0. The second-order valence-corrected chi connectivity index (χ2v) is 3.51. The summed E-state index contributed by atoms with van der Waals surface area (Å²) < 4.78 is 13.0. The van der Waals surface area contributed by atoms with Gasteiger partial charge in [0.25, 0.3) is 0 Å². The number of hydrogen-bond acceptors (Lipinski definition) is 3. The summed E-state index contributed by atoms with van der Waals surface area (Å²) in [6.07, 6.45) is -0.439. The summed E-state index contributed by atoms with van der Waals surface area (Å²) in [6, 6.07) is 3.86. The molecular weight excluding hydrogens is 211 g/mol. The zero-order chi connectivity index (χ0) is 12.1. The molecule has 16 heavy (non-hydrogen) atoms. The normalized spacial score (nSPS) is 12.2. The molecule has 0 aliphatic rings. The molecule has 0 fully saturated rings. The molecule has 0 radical (unpaired) electrons. The Bertz CT molecular complexity index is 382. The number of aliphatic hydroxyl groups is 1. The number of nitrogens with one attached hydrogen (secondary N) is 1. The van der Waals surface area contributed by atoms with Crippen molar-refractivity contribution in [2.75, 3.05) is 11.9 Å². The lowest BCUT2D eigenvalue weighted by Gasteiger charge is -2.15. The summed E-state index contributed by atoms with van der Waals surface area (Å²) in [5.41, 5.74) is 6.09. The van der Waals surface area contributed by atoms with Gasteiger partial charge in [-0.2, -0.15) is 0 Å². The molecule has 4 N–H and O–H groups in total. The van der Waals surface area contributed by atoms with Crippen molar-refractivity contribution in [3.8, 4) is 0 Å². The summed E-state index contributed by atoms with van der Waals surface area (Å²) in [5, 5.41) is 12.2. The van der Waals surface area contributed by atoms with Crippen molar-refractivity contribution < 1.29 is 14.3 Å². The zero-order valence-corrected chi connectivity index (χ0v) is 9.03. The maximum absolute atomic E-state index is 13.0. The number of amides is 1. The molecule has 0 aliphatic heterocycles. The molecule has 1 amide bonds. The lowest BCUT2D eigenvalue weighted by molar-refractivity contribution is -0.114. The van der Waals surface area contributed by atoms with Crippen LogP contribution in [0.3, 0.4) is 0 Å². The van der Waals surface area contributed by atoms with E-state index in [1.807, 2.05) is 0 Å². The van der Waals surface area contributed by atoms with E-state index < -0.39 is 11.9 Å². The quantitative estimate of drug-likeness (QED) is 0.721. The van der Waals surface area contributed by atoms with Crippen molar-refractivity contribution in [2.24, 2.45) is 5.73 Å². The monoisotopic (exact) mass is 226 g/mol. The standard InChI is InChI=1S/C11H15FN2O2/c1-7(15)14-10-6-8(12)2-3-9(10)11(16)4-5-13/h2-3,6,11,16H,4-5,13H2,1H3,(H,14,15). The summed E-state index contributed by atoms with van der Waals surface area (Å²) in [6.45, 7) is 1.64. The summed E-state index contributed by atoms with van der Waals surface area (Å²) in [4.78, 5) is 10.9. The molecule has 4 nitrogen and oxygen atoms in total. The largest absolute Gasteiger partial charge is 0.388 e. The van der Waals surface area contributed by atoms with Crippen LogP contribution in [-0.2, 0) is 4.79 Å². The smallest absolute Gasteiger partial charge is 0.221 e. The van der Waals surface area contributed by atoms with E-state index >= 15 is 0 Å². The highest BCUT2D eigenvalue weighted by Crippen LogP contribution is 2.25. The van der Waals surface area contributed by atoms with E-state index in [-0.39, 0.29) is 11.6 Å². The van der Waals surface area contributed by atoms with Crippen LogP contribution < -0.4 is 11.1 Å². The van der Waals surface area contributed by atoms with Crippen molar-refractivity contribution in [3.63, 3.8) is 0 Å². The number of carbonyl (C=O) groups is 1. The van der Waals surface area contributed by atoms with Crippen LogP contribution in [-0.4, -0.2) is 17.6 Å². The second-order valence-electron chi connectivity index (χ2n) is 3.51. The maximum atomic E-state index is 13.0. The third-order valence-electron chi connectivity index (χ3n) is 2.13. The van der Waals surface area contributed by atoms with E-state index in [1.54, 1.807) is 0 Å². The number of benzene rings is 1. The van der Waals surface area contributed by atoms with Crippen LogP contribution in [0.4, 0.5) is 10.1 Å². The fourth-order valence-electron chi connectivity index (χ4n) is 1.43. The number of aliphatic hydroxyl groups excluding tert-OH is 1. The van der Waals surface area contributed by atoms with E-state index in [0.717, 1.165) is 0 Å². The second kappa shape index (κ2) is 5.58. The highest BCUT2D eigenvalue weighted by atomic mass is 19.1. The maximum Gasteiger partial charge on any atom is 0.221 e. The number of carbonyl (C=O) groups excluding carboxylic acids is 1. The van der Waals surface area contributed by atoms with Gasteiger partial charge in [0, 0.05) is 18.2 Å². The Hall–Kier alpha value is -1.46. The van der Waals surface area contributed by atoms with Gasteiger partial charge in [-0.05, 0) is 25.1 Å². The Kier molecular flexibility index (Phi) is 4.39. The van der Waals surface area contributed by atoms with E-state index in [1.165, 1.54) is 25.1 Å². The molecule has 0 aromatic heterocycles. The van der Waals surface area contributed by atoms with Crippen molar-refractivity contribution in [2.45, 2.75) is 19.4 Å². The molecule has 0 saturated heterocycles. The third-order valence-corrected chi connectivity index (χ3v) is 2.13. The van der Waals surface area contributed by atoms with Crippen LogP contribution in [0.25, 0.3) is 0 Å². The first-order valence-corrected chi connectivity index (χ1v) is 4.99. The molecule has 1 aromatic rings. The Morgan fingerprint density at radius 2 is 2.31 bits per heavy atom. The van der Waals surface area contributed by atoms with Gasteiger partial charge >= 0.3 is 0 Å². The molecule has 0 aliphatic carbocycles. The average molecular weight is 226 g/mol. The predicted molar refractivity (Wildman–Crippen MR) is 59.3 cm³/mol. The first-order chi connectivity index (χ1) is 7.54. The highest BCUT2D eigenvalue weighted by molar-refractivity contribution is 5.89. The van der Waals surface area contributed by atoms with Crippen molar-refractivity contribution in [1.29, 1.82) is 0 Å². The highest BCUT2D eigenvalue weighted by Gasteiger charge is 2.13. The van der Waals surface area contributed by atoms with Crippen LogP contribution in [0.5, 0.6) is 0 Å². The van der Waals surface area contributed by atoms with E-state index in [4.69, 9.17) is 5.73 Å². The molecule has 1 aromatic carbocycles. The first kappa shape index (κ1) is 12.6. The van der Waals surface area contributed by atoms with E-state index in [9.17, 15) is 14.3 Å². The van der Waals surface area contributed by atoms with Crippen molar-refractivity contribution in [3.05, 3.63) is 29.6 Å². The summed E-state index contributed by atoms with van der Waals surface area (Å²) in [7, 11) is 0. The molecule has 0 spiro atoms. The van der Waals surface area contributed by atoms with Crippen LogP contribution in [0.1, 0.15) is 25.0 Å². The summed E-state index contributed by atoms with van der Waals surface area (Å²) in [5.74, 6) is -0.778. The first-order valence-electron chi connectivity index (χ1n) is 4.99. The topological polar surface area (TPSA) is 75.3 Å². The predicted octanol–water partition coefficient (Wildman–Crippen LogP) is 1.17. The van der Waals surface area contributed by atoms with Gasteiger partial charge in [-0.15, -0.1) is 0 Å². The molecule has 0 bridgehead atoms. The molecule has 5 heteroatoms. The number of nitrogens with two attached hydrogens (primary N) is 1. The molecule has 0 heterocycles. The van der Waals surface area contributed by atoms with Gasteiger partial charge in [-0.25, -0.2) is 4.39 Å². The Morgan fingerprint density at radius 1 is 1.62 bits per heavy atom. The molecule has 1 unspecified atom stereocenters. The molecule has 88 valence electrons. The number of anilines is 1. The van der Waals surface area contributed by atoms with Gasteiger partial charge in [0.2, 0.25) is 5.91 Å². The van der Waals surface area contributed by atoms with E-state index in [0.29, 0.717) is 18.5 Å². The third kappa shape index (κ3) is 3.29. The van der Waals surface area contributed by atoms with Crippen LogP contribution in [0.15, 0.2) is 18.2 Å². The van der Waals surface area contributed by atoms with Crippen LogP contribution >= 0.6 is 0 Å². The minimum absolute atomic E-state index is 0.286. The van der Waals surface area contributed by atoms with Gasteiger partial charge in [0.1, 0.15) is 5.82 Å². The van der Waals surface area contributed by atoms with Gasteiger partial charge in [0.05, 0.1) is 6.10 Å². The fourth-order valence-corrected chi connectivity index (χ4v) is 1.43. The van der Waals surface area contributed by atoms with E-state index in [2.05, 4.69) is 5.32 Å². The molecule has 1 rings (SSSR count). The number of halogens is 1. The van der Waals surface area contributed by atoms with Crippen molar-refractivity contribution in [1.82, 2.24) is 0 Å². The average Bonchev–Trinajstić information content (AvgIpc) is 2.16. The molecular formula is C11H15FN2O2. The Labute approximate surface area is 93.3 Å². The fraction of sp³-hybridized carbons (Fsp3) is 0.364. The van der Waals surface area contributed by atoms with Gasteiger partial charge in [-0.1, -0.05) is 6.07 Å². The zero-order valence-electron chi connectivity index (χ0n) is 9.03. The number of rotatable bonds is 4. The van der Waals surface area contributed by atoms with Crippen LogP contribution in [0, 0.1) is 5.82 Å².